The number of carboxylic acids is 1. The normalized spacial score (nSPS) is 22.5. The van der Waals surface area contributed by atoms with Gasteiger partial charge >= 0.3 is 5.97 Å². The van der Waals surface area contributed by atoms with Gasteiger partial charge in [0, 0.05) is 19.2 Å². The Labute approximate surface area is 195 Å². The van der Waals surface area contributed by atoms with Crippen LogP contribution in [0.1, 0.15) is 12.0 Å². The van der Waals surface area contributed by atoms with Crippen LogP contribution in [0.5, 0.6) is 11.5 Å². The van der Waals surface area contributed by atoms with E-state index in [4.69, 9.17) is 44.3 Å². The van der Waals surface area contributed by atoms with Crippen molar-refractivity contribution in [2.45, 2.75) is 18.0 Å². The van der Waals surface area contributed by atoms with Gasteiger partial charge in [0.2, 0.25) is 0 Å². The highest BCUT2D eigenvalue weighted by Gasteiger charge is 2.42. The molecule has 6 nitrogen and oxygen atoms in total. The van der Waals surface area contributed by atoms with Gasteiger partial charge in [0.25, 0.3) is 0 Å². The summed E-state index contributed by atoms with van der Waals surface area (Å²) in [6.45, 7) is 1.95. The zero-order valence-electron chi connectivity index (χ0n) is 16.5. The maximum Gasteiger partial charge on any atom is 0.332 e. The second-order valence-corrected chi connectivity index (χ2v) is 8.72. The smallest absolute Gasteiger partial charge is 0.332 e. The van der Waals surface area contributed by atoms with Crippen molar-refractivity contribution in [3.63, 3.8) is 0 Å². The van der Waals surface area contributed by atoms with E-state index in [0.717, 1.165) is 12.1 Å². The van der Waals surface area contributed by atoms with Crippen molar-refractivity contribution in [2.75, 3.05) is 26.3 Å². The van der Waals surface area contributed by atoms with Crippen molar-refractivity contribution >= 4 is 40.8 Å². The Morgan fingerprint density at radius 1 is 1.06 bits per heavy atom. The number of halogens is 3. The third-order valence-corrected chi connectivity index (χ3v) is 6.53. The first-order valence-electron chi connectivity index (χ1n) is 9.80. The molecule has 0 aromatic heterocycles. The van der Waals surface area contributed by atoms with Crippen molar-refractivity contribution in [3.05, 3.63) is 68.7 Å². The van der Waals surface area contributed by atoms with Crippen LogP contribution in [0.2, 0.25) is 15.1 Å². The molecule has 2 atom stereocenters. The predicted molar refractivity (Wildman–Crippen MR) is 121 cm³/mol. The van der Waals surface area contributed by atoms with Gasteiger partial charge in [-0.3, -0.25) is 5.32 Å². The number of carboxylic acid groups (broad SMARTS) is 1. The molecule has 2 heterocycles. The molecule has 0 spiro atoms. The largest absolute Gasteiger partial charge is 0.490 e. The average Bonchev–Trinajstić information content (AvgIpc) is 2.75. The van der Waals surface area contributed by atoms with Crippen LogP contribution in [0.3, 0.4) is 0 Å². The van der Waals surface area contributed by atoms with Crippen molar-refractivity contribution in [2.24, 2.45) is 0 Å². The van der Waals surface area contributed by atoms with Crippen LogP contribution in [0, 0.1) is 0 Å². The van der Waals surface area contributed by atoms with Crippen LogP contribution in [0.15, 0.2) is 48.0 Å². The van der Waals surface area contributed by atoms with Crippen LogP contribution < -0.4 is 20.1 Å². The number of rotatable bonds is 7. The molecule has 2 aliphatic rings. The molecule has 0 aliphatic carbocycles. The Morgan fingerprint density at radius 3 is 2.52 bits per heavy atom. The Morgan fingerprint density at radius 2 is 1.77 bits per heavy atom. The monoisotopic (exact) mass is 482 g/mol. The maximum atomic E-state index is 11.4. The summed E-state index contributed by atoms with van der Waals surface area (Å²) in [5.41, 5.74) is 1.18. The standard InChI is InChI=1S/C22H21Cl3N2O4/c23-16-9-18(25)20(10-17(16)24)31-8-7-30-14-3-1-13(2-4-14)22-6-5-15(21(28)29)19(27-22)11-26-12-22/h1-5,9-10,19,26-27H,6-8,11-12H2,(H,28,29). The SMILES string of the molecule is O=C(O)C1=CCC2(c3ccc(OCCOc4cc(Cl)c(Cl)cc4Cl)cc3)CNCC1N2. The van der Waals surface area contributed by atoms with Gasteiger partial charge < -0.3 is 19.9 Å². The lowest BCUT2D eigenvalue weighted by Crippen LogP contribution is -2.64. The minimum absolute atomic E-state index is 0.207. The molecule has 0 radical (unpaired) electrons. The van der Waals surface area contributed by atoms with E-state index in [1.165, 1.54) is 0 Å². The molecule has 2 bridgehead atoms. The van der Waals surface area contributed by atoms with Crippen LogP contribution >= 0.6 is 34.8 Å². The van der Waals surface area contributed by atoms with E-state index in [1.807, 2.05) is 30.3 Å². The Kier molecular flexibility index (Phi) is 6.65. The molecule has 2 unspecified atom stereocenters. The fourth-order valence-corrected chi connectivity index (χ4v) is 4.54. The molecule has 2 aromatic carbocycles. The van der Waals surface area contributed by atoms with Crippen molar-refractivity contribution < 1.29 is 19.4 Å². The number of benzene rings is 2. The fourth-order valence-electron chi connectivity index (χ4n) is 3.95. The number of hydrogen-bond donors (Lipinski definition) is 3. The molecule has 31 heavy (non-hydrogen) atoms. The Balaban J connectivity index is 1.35. The molecule has 1 saturated heterocycles. The number of piperazine rings is 1. The fraction of sp³-hybridized carbons (Fsp3) is 0.318. The third-order valence-electron chi connectivity index (χ3n) is 5.51. The van der Waals surface area contributed by atoms with E-state index in [-0.39, 0.29) is 11.6 Å². The zero-order chi connectivity index (χ0) is 22.0. The first-order chi connectivity index (χ1) is 14.9. The summed E-state index contributed by atoms with van der Waals surface area (Å²) < 4.78 is 11.4. The summed E-state index contributed by atoms with van der Waals surface area (Å²) in [6.07, 6.45) is 2.44. The molecular weight excluding hydrogens is 463 g/mol. The van der Waals surface area contributed by atoms with Gasteiger partial charge in [-0.1, -0.05) is 53.0 Å². The molecule has 0 saturated carbocycles. The highest BCUT2D eigenvalue weighted by atomic mass is 35.5. The lowest BCUT2D eigenvalue weighted by Gasteiger charge is -2.46. The van der Waals surface area contributed by atoms with Gasteiger partial charge in [-0.05, 0) is 30.2 Å². The summed E-state index contributed by atoms with van der Waals surface area (Å²) in [6, 6.07) is 10.7. The Bertz CT molecular complexity index is 1010. The topological polar surface area (TPSA) is 79.8 Å². The van der Waals surface area contributed by atoms with Gasteiger partial charge in [-0.2, -0.15) is 0 Å². The number of carbonyl (C=O) groups is 1. The van der Waals surface area contributed by atoms with Crippen molar-refractivity contribution in [1.29, 1.82) is 0 Å². The second kappa shape index (κ2) is 9.27. The average molecular weight is 484 g/mol. The molecule has 0 amide bonds. The minimum Gasteiger partial charge on any atom is -0.490 e. The van der Waals surface area contributed by atoms with Gasteiger partial charge in [0.1, 0.15) is 24.7 Å². The first kappa shape index (κ1) is 22.2. The summed E-state index contributed by atoms with van der Waals surface area (Å²) in [4.78, 5) is 11.4. The highest BCUT2D eigenvalue weighted by molar-refractivity contribution is 6.43. The van der Waals surface area contributed by atoms with Gasteiger partial charge in [-0.15, -0.1) is 0 Å². The van der Waals surface area contributed by atoms with E-state index in [9.17, 15) is 9.90 Å². The van der Waals surface area contributed by atoms with Crippen LogP contribution in [-0.4, -0.2) is 43.4 Å². The zero-order valence-corrected chi connectivity index (χ0v) is 18.7. The van der Waals surface area contributed by atoms with Gasteiger partial charge in [0.15, 0.2) is 0 Å². The van der Waals surface area contributed by atoms with E-state index < -0.39 is 5.97 Å². The van der Waals surface area contributed by atoms with E-state index in [0.29, 0.717) is 58.3 Å². The molecular formula is C22H21Cl3N2O4. The molecule has 164 valence electrons. The lowest BCUT2D eigenvalue weighted by molar-refractivity contribution is -0.133. The molecule has 3 N–H and O–H groups in total. The first-order valence-corrected chi connectivity index (χ1v) is 10.9. The molecule has 1 fully saturated rings. The summed E-state index contributed by atoms with van der Waals surface area (Å²) >= 11 is 18.0. The highest BCUT2D eigenvalue weighted by Crippen LogP contribution is 2.35. The second-order valence-electron chi connectivity index (χ2n) is 7.50. The number of ether oxygens (including phenoxy) is 2. The van der Waals surface area contributed by atoms with E-state index in [1.54, 1.807) is 12.1 Å². The molecule has 4 rings (SSSR count). The number of aliphatic carboxylic acids is 1. The number of nitrogens with one attached hydrogen (secondary N) is 2. The third kappa shape index (κ3) is 4.78. The van der Waals surface area contributed by atoms with Crippen molar-refractivity contribution in [3.8, 4) is 11.5 Å². The predicted octanol–water partition coefficient (Wildman–Crippen LogP) is 4.28. The maximum absolute atomic E-state index is 11.4. The molecule has 9 heteroatoms. The van der Waals surface area contributed by atoms with E-state index in [2.05, 4.69) is 10.6 Å². The Hall–Kier alpha value is -1.96. The van der Waals surface area contributed by atoms with Crippen LogP contribution in [0.4, 0.5) is 0 Å². The minimum atomic E-state index is -0.872. The summed E-state index contributed by atoms with van der Waals surface area (Å²) in [5, 5.41) is 17.4. The van der Waals surface area contributed by atoms with Gasteiger partial charge in [-0.25, -0.2) is 4.79 Å². The van der Waals surface area contributed by atoms with Crippen molar-refractivity contribution in [1.82, 2.24) is 10.6 Å². The van der Waals surface area contributed by atoms with Gasteiger partial charge in [0.05, 0.1) is 32.2 Å². The van der Waals surface area contributed by atoms with Crippen LogP contribution in [-0.2, 0) is 10.3 Å². The molecule has 2 aromatic rings. The lowest BCUT2D eigenvalue weighted by atomic mass is 9.79. The van der Waals surface area contributed by atoms with Crippen LogP contribution in [0.25, 0.3) is 0 Å². The van der Waals surface area contributed by atoms with E-state index >= 15 is 0 Å². The quantitative estimate of drug-likeness (QED) is 0.403. The summed E-state index contributed by atoms with van der Waals surface area (Å²) in [7, 11) is 0. The number of hydrogen-bond acceptors (Lipinski definition) is 5. The number of fused-ring (bicyclic) bond motifs is 2. The molecule has 2 aliphatic heterocycles. The summed E-state index contributed by atoms with van der Waals surface area (Å²) in [5.74, 6) is 0.287.